The minimum absolute atomic E-state index is 0.322. The van der Waals surface area contributed by atoms with Crippen molar-refractivity contribution in [1.82, 2.24) is 14.5 Å². The van der Waals surface area contributed by atoms with E-state index in [2.05, 4.69) is 9.97 Å². The molecule has 4 unspecified atom stereocenters. The molecule has 0 spiro atoms. The van der Waals surface area contributed by atoms with Crippen LogP contribution in [0.2, 0.25) is 0 Å². The van der Waals surface area contributed by atoms with E-state index in [4.69, 9.17) is 5.73 Å². The lowest BCUT2D eigenvalue weighted by Crippen LogP contribution is -2.37. The zero-order chi connectivity index (χ0) is 13.4. The molecule has 2 heterocycles. The largest absolute Gasteiger partial charge is 0.390 e. The van der Waals surface area contributed by atoms with Gasteiger partial charge in [0, 0.05) is 5.69 Å². The Morgan fingerprint density at radius 2 is 2.21 bits per heavy atom. The van der Waals surface area contributed by atoms with Gasteiger partial charge in [0.1, 0.15) is 23.9 Å². The van der Waals surface area contributed by atoms with Crippen LogP contribution in [0.3, 0.4) is 0 Å². The number of nitrogens with zero attached hydrogens (tertiary/aromatic N) is 3. The van der Waals surface area contributed by atoms with Crippen molar-refractivity contribution in [2.45, 2.75) is 37.5 Å². The maximum atomic E-state index is 10.3. The number of hydrogen-bond donors (Lipinski definition) is 3. The van der Waals surface area contributed by atoms with E-state index >= 15 is 0 Å². The van der Waals surface area contributed by atoms with Crippen LogP contribution in [0.1, 0.15) is 18.5 Å². The van der Waals surface area contributed by atoms with Crippen molar-refractivity contribution >= 4 is 16.9 Å². The van der Waals surface area contributed by atoms with Gasteiger partial charge in [0.2, 0.25) is 0 Å². The molecule has 19 heavy (non-hydrogen) atoms. The number of anilines is 1. The summed E-state index contributed by atoms with van der Waals surface area (Å²) in [5.41, 5.74) is 7.23. The van der Waals surface area contributed by atoms with Crippen LogP contribution < -0.4 is 5.73 Å². The van der Waals surface area contributed by atoms with Crippen LogP contribution in [0.4, 0.5) is 5.82 Å². The Morgan fingerprint density at radius 1 is 1.42 bits per heavy atom. The Labute approximate surface area is 109 Å². The summed E-state index contributed by atoms with van der Waals surface area (Å²) in [6.07, 6.45) is 1.61. The number of nitrogen functional groups attached to an aromatic ring is 1. The average Bonchev–Trinajstić information content (AvgIpc) is 2.87. The molecule has 6 nitrogen and oxygen atoms in total. The molecule has 6 heteroatoms. The van der Waals surface area contributed by atoms with Gasteiger partial charge in [0.15, 0.2) is 0 Å². The van der Waals surface area contributed by atoms with Crippen LogP contribution in [0, 0.1) is 12.8 Å². The Hall–Kier alpha value is -1.66. The van der Waals surface area contributed by atoms with Crippen LogP contribution in [0.25, 0.3) is 11.0 Å². The minimum atomic E-state index is -0.733. The smallest absolute Gasteiger partial charge is 0.146 e. The lowest BCUT2D eigenvalue weighted by Gasteiger charge is -2.25. The quantitative estimate of drug-likeness (QED) is 0.678. The van der Waals surface area contributed by atoms with Gasteiger partial charge in [-0.3, -0.25) is 0 Å². The normalized spacial score (nSPS) is 36.7. The van der Waals surface area contributed by atoms with E-state index in [0.717, 1.165) is 23.1 Å². The summed E-state index contributed by atoms with van der Waals surface area (Å²) in [4.78, 5) is 8.32. The van der Waals surface area contributed by atoms with Crippen LogP contribution in [0.15, 0.2) is 12.4 Å². The second kappa shape index (κ2) is 3.26. The molecular weight excluding hydrogens is 244 g/mol. The van der Waals surface area contributed by atoms with Crippen LogP contribution >= 0.6 is 0 Å². The Morgan fingerprint density at radius 3 is 2.89 bits per heavy atom. The molecule has 2 aromatic rings. The van der Waals surface area contributed by atoms with E-state index in [-0.39, 0.29) is 0 Å². The van der Waals surface area contributed by atoms with E-state index in [1.165, 1.54) is 6.33 Å². The SMILES string of the molecule is Cc1cc2c(N)ncnc2n1C12CC1CC(O)C2O. The maximum absolute atomic E-state index is 10.3. The first-order chi connectivity index (χ1) is 9.05. The van der Waals surface area contributed by atoms with Crippen molar-refractivity contribution in [3.05, 3.63) is 18.1 Å². The predicted molar refractivity (Wildman–Crippen MR) is 69.4 cm³/mol. The molecule has 100 valence electrons. The molecule has 0 amide bonds. The molecule has 0 saturated heterocycles. The molecule has 0 radical (unpaired) electrons. The van der Waals surface area contributed by atoms with E-state index in [1.807, 2.05) is 17.6 Å². The molecule has 4 atom stereocenters. The van der Waals surface area contributed by atoms with Crippen molar-refractivity contribution in [2.75, 3.05) is 5.73 Å². The monoisotopic (exact) mass is 260 g/mol. The second-order valence-corrected chi connectivity index (χ2v) is 5.76. The minimum Gasteiger partial charge on any atom is -0.390 e. The Bertz CT molecular complexity index is 683. The first-order valence-corrected chi connectivity index (χ1v) is 6.51. The van der Waals surface area contributed by atoms with Gasteiger partial charge in [-0.1, -0.05) is 0 Å². The molecule has 2 saturated carbocycles. The molecule has 4 N–H and O–H groups in total. The highest BCUT2D eigenvalue weighted by atomic mass is 16.3. The number of aliphatic hydroxyl groups excluding tert-OH is 2. The number of fused-ring (bicyclic) bond motifs is 2. The van der Waals surface area contributed by atoms with Crippen molar-refractivity contribution < 1.29 is 10.2 Å². The highest BCUT2D eigenvalue weighted by Gasteiger charge is 2.68. The van der Waals surface area contributed by atoms with Gasteiger partial charge < -0.3 is 20.5 Å². The van der Waals surface area contributed by atoms with Gasteiger partial charge in [-0.2, -0.15) is 0 Å². The summed E-state index contributed by atoms with van der Waals surface area (Å²) in [7, 11) is 0. The van der Waals surface area contributed by atoms with E-state index < -0.39 is 17.7 Å². The third-order valence-corrected chi connectivity index (χ3v) is 4.75. The van der Waals surface area contributed by atoms with Gasteiger partial charge in [-0.25, -0.2) is 9.97 Å². The number of aryl methyl sites for hydroxylation is 1. The highest BCUT2D eigenvalue weighted by Crippen LogP contribution is 2.62. The van der Waals surface area contributed by atoms with Crippen molar-refractivity contribution in [2.24, 2.45) is 5.92 Å². The number of hydrogen-bond acceptors (Lipinski definition) is 5. The molecular formula is C13H16N4O2. The number of nitrogens with two attached hydrogens (primary N) is 1. The lowest BCUT2D eigenvalue weighted by atomic mass is 10.1. The fraction of sp³-hybridized carbons (Fsp3) is 0.538. The summed E-state index contributed by atoms with van der Waals surface area (Å²) in [5, 5.41) is 21.0. The first-order valence-electron chi connectivity index (χ1n) is 6.51. The third kappa shape index (κ3) is 1.18. The van der Waals surface area contributed by atoms with Gasteiger partial charge in [-0.05, 0) is 31.7 Å². The zero-order valence-corrected chi connectivity index (χ0v) is 10.6. The number of aromatic nitrogens is 3. The summed E-state index contributed by atoms with van der Waals surface area (Å²) in [5.74, 6) is 0.775. The Kier molecular flexibility index (Phi) is 1.92. The van der Waals surface area contributed by atoms with Crippen molar-refractivity contribution in [3.63, 3.8) is 0 Å². The van der Waals surface area contributed by atoms with Crippen molar-refractivity contribution in [1.29, 1.82) is 0 Å². The molecule has 2 aliphatic rings. The predicted octanol–water partition coefficient (Wildman–Crippen LogP) is 0.163. The van der Waals surface area contributed by atoms with Gasteiger partial charge in [0.05, 0.1) is 17.0 Å². The Balaban J connectivity index is 1.98. The summed E-state index contributed by atoms with van der Waals surface area (Å²) in [6, 6.07) is 1.95. The second-order valence-electron chi connectivity index (χ2n) is 5.76. The summed E-state index contributed by atoms with van der Waals surface area (Å²) >= 11 is 0. The molecule has 2 aromatic heterocycles. The fourth-order valence-corrected chi connectivity index (χ4v) is 3.83. The van der Waals surface area contributed by atoms with E-state index in [0.29, 0.717) is 18.2 Å². The number of rotatable bonds is 1. The molecule has 2 fully saturated rings. The lowest BCUT2D eigenvalue weighted by molar-refractivity contribution is 0.00182. The van der Waals surface area contributed by atoms with Gasteiger partial charge >= 0.3 is 0 Å². The highest BCUT2D eigenvalue weighted by molar-refractivity contribution is 5.87. The molecule has 0 aliphatic heterocycles. The number of aliphatic hydroxyl groups is 2. The van der Waals surface area contributed by atoms with E-state index in [1.54, 1.807) is 0 Å². The van der Waals surface area contributed by atoms with Gasteiger partial charge in [0.25, 0.3) is 0 Å². The maximum Gasteiger partial charge on any atom is 0.146 e. The van der Waals surface area contributed by atoms with Crippen LogP contribution in [0.5, 0.6) is 0 Å². The first kappa shape index (κ1) is 11.2. The zero-order valence-electron chi connectivity index (χ0n) is 10.6. The van der Waals surface area contributed by atoms with Gasteiger partial charge in [-0.15, -0.1) is 0 Å². The third-order valence-electron chi connectivity index (χ3n) is 4.75. The average molecular weight is 260 g/mol. The fourth-order valence-electron chi connectivity index (χ4n) is 3.83. The molecule has 0 bridgehead atoms. The van der Waals surface area contributed by atoms with Crippen molar-refractivity contribution in [3.8, 4) is 0 Å². The standard InChI is InChI=1S/C13H16N4O2/c1-6-2-8-11(14)15-5-16-12(8)17(6)13-4-7(13)3-9(18)10(13)19/h2,5,7,9-10,18-19H,3-4H2,1H3,(H2,14,15,16). The molecule has 2 aliphatic carbocycles. The summed E-state index contributed by atoms with van der Waals surface area (Å²) < 4.78 is 2.05. The van der Waals surface area contributed by atoms with Crippen LogP contribution in [-0.4, -0.2) is 37.0 Å². The van der Waals surface area contributed by atoms with E-state index in [9.17, 15) is 10.2 Å². The summed E-state index contributed by atoms with van der Waals surface area (Å²) in [6.45, 7) is 1.97. The van der Waals surface area contributed by atoms with Crippen LogP contribution in [-0.2, 0) is 5.54 Å². The topological polar surface area (TPSA) is 97.2 Å². The molecule has 0 aromatic carbocycles. The molecule has 4 rings (SSSR count).